The summed E-state index contributed by atoms with van der Waals surface area (Å²) in [5, 5.41) is 15.0. The van der Waals surface area contributed by atoms with Crippen LogP contribution in [-0.4, -0.2) is 71.0 Å². The lowest BCUT2D eigenvalue weighted by molar-refractivity contribution is -0.149. The Morgan fingerprint density at radius 3 is 2.21 bits per heavy atom. The van der Waals surface area contributed by atoms with Crippen molar-refractivity contribution in [3.05, 3.63) is 0 Å². The summed E-state index contributed by atoms with van der Waals surface area (Å²) in [6.45, 7) is 8.38. The third-order valence-corrected chi connectivity index (χ3v) is 6.74. The van der Waals surface area contributed by atoms with Crippen LogP contribution in [0.1, 0.15) is 72.6 Å². The van der Waals surface area contributed by atoms with E-state index in [2.05, 4.69) is 10.6 Å². The summed E-state index contributed by atoms with van der Waals surface area (Å²) in [5.74, 6) is -2.55. The molecule has 6 unspecified atom stereocenters. The normalized spacial score (nSPS) is 20.4. The number of nitrogens with one attached hydrogen (secondary N) is 2. The van der Waals surface area contributed by atoms with Crippen molar-refractivity contribution in [2.75, 3.05) is 13.1 Å². The van der Waals surface area contributed by atoms with Gasteiger partial charge in [-0.1, -0.05) is 40.5 Å². The number of hydrogen-bond donors (Lipinski definition) is 5. The monoisotopic (exact) mass is 469 g/mol. The molecule has 0 radical (unpaired) electrons. The number of carbonyl (C=O) groups is 4. The van der Waals surface area contributed by atoms with Gasteiger partial charge in [-0.05, 0) is 50.5 Å². The molecule has 0 aromatic carbocycles. The number of hydrogen-bond acceptors (Lipinski definition) is 6. The fraction of sp³-hybridized carbons (Fsp3) is 0.826. The van der Waals surface area contributed by atoms with Gasteiger partial charge in [0, 0.05) is 6.54 Å². The van der Waals surface area contributed by atoms with Crippen LogP contribution in [0.5, 0.6) is 0 Å². The molecule has 1 saturated heterocycles. The Labute approximate surface area is 197 Å². The molecule has 0 aromatic rings. The Bertz CT molecular complexity index is 674. The number of nitrogens with zero attached hydrogens (tertiary/aromatic N) is 1. The number of carboxylic acids is 1. The van der Waals surface area contributed by atoms with E-state index < -0.39 is 47.9 Å². The van der Waals surface area contributed by atoms with Gasteiger partial charge in [-0.2, -0.15) is 0 Å². The number of amides is 3. The van der Waals surface area contributed by atoms with E-state index in [1.165, 1.54) is 4.90 Å². The molecule has 33 heavy (non-hydrogen) atoms. The minimum Gasteiger partial charge on any atom is -0.480 e. The number of carboxylic acid groups (broad SMARTS) is 1. The third-order valence-electron chi connectivity index (χ3n) is 6.74. The van der Waals surface area contributed by atoms with Gasteiger partial charge in [0.2, 0.25) is 17.7 Å². The lowest BCUT2D eigenvalue weighted by atomic mass is 9.95. The molecule has 0 aromatic heterocycles. The summed E-state index contributed by atoms with van der Waals surface area (Å²) in [5.41, 5.74) is 11.6. The van der Waals surface area contributed by atoms with E-state index in [0.29, 0.717) is 51.6 Å². The quantitative estimate of drug-likeness (QED) is 0.232. The average Bonchev–Trinajstić information content (AvgIpc) is 3.30. The molecule has 10 heteroatoms. The third kappa shape index (κ3) is 8.26. The first-order valence-electron chi connectivity index (χ1n) is 12.2. The summed E-state index contributed by atoms with van der Waals surface area (Å²) >= 11 is 0. The second kappa shape index (κ2) is 14.1. The Balaban J connectivity index is 3.03. The fourth-order valence-corrected chi connectivity index (χ4v) is 3.96. The first-order chi connectivity index (χ1) is 15.6. The van der Waals surface area contributed by atoms with E-state index in [-0.39, 0.29) is 11.8 Å². The van der Waals surface area contributed by atoms with E-state index in [0.717, 1.165) is 6.42 Å². The van der Waals surface area contributed by atoms with Gasteiger partial charge >= 0.3 is 5.97 Å². The van der Waals surface area contributed by atoms with Crippen molar-refractivity contribution < 1.29 is 24.3 Å². The average molecular weight is 470 g/mol. The predicted molar refractivity (Wildman–Crippen MR) is 126 cm³/mol. The minimum atomic E-state index is -1.04. The number of carbonyl (C=O) groups excluding carboxylic acids is 3. The zero-order valence-electron chi connectivity index (χ0n) is 20.5. The summed E-state index contributed by atoms with van der Waals surface area (Å²) < 4.78 is 0. The molecule has 0 spiro atoms. The van der Waals surface area contributed by atoms with Crippen LogP contribution in [0, 0.1) is 11.8 Å². The smallest absolute Gasteiger partial charge is 0.326 e. The fourth-order valence-electron chi connectivity index (χ4n) is 3.96. The van der Waals surface area contributed by atoms with Crippen molar-refractivity contribution >= 4 is 23.7 Å². The van der Waals surface area contributed by atoms with E-state index >= 15 is 0 Å². The van der Waals surface area contributed by atoms with E-state index in [9.17, 15) is 24.3 Å². The molecular weight excluding hydrogens is 426 g/mol. The minimum absolute atomic E-state index is 0.0423. The van der Waals surface area contributed by atoms with Crippen LogP contribution in [0.25, 0.3) is 0 Å². The molecule has 0 bridgehead atoms. The molecule has 1 aliphatic rings. The van der Waals surface area contributed by atoms with Gasteiger partial charge in [-0.25, -0.2) is 4.79 Å². The summed E-state index contributed by atoms with van der Waals surface area (Å²) in [4.78, 5) is 52.0. The number of aliphatic carboxylic acids is 1. The SMILES string of the molecule is CCC(C)C(N)C(=O)NC(C(=O)NC(CCCCN)C(=O)N1CCCC1C(=O)O)C(C)CC. The Morgan fingerprint density at radius 2 is 1.67 bits per heavy atom. The zero-order chi connectivity index (χ0) is 25.1. The van der Waals surface area contributed by atoms with E-state index in [4.69, 9.17) is 11.5 Å². The second-order valence-electron chi connectivity index (χ2n) is 9.16. The Morgan fingerprint density at radius 1 is 1.03 bits per heavy atom. The Kier molecular flexibility index (Phi) is 12.4. The molecule has 190 valence electrons. The van der Waals surface area contributed by atoms with Crippen LogP contribution < -0.4 is 22.1 Å². The summed E-state index contributed by atoms with van der Waals surface area (Å²) in [7, 11) is 0. The topological polar surface area (TPSA) is 168 Å². The van der Waals surface area contributed by atoms with Gasteiger partial charge in [0.05, 0.1) is 6.04 Å². The number of nitrogens with two attached hydrogens (primary N) is 2. The molecule has 6 atom stereocenters. The standard InChI is InChI=1S/C23H43N5O5/c1-5-14(3)18(25)20(29)27-19(15(4)6-2)21(30)26-16(10-7-8-12-24)22(31)28-13-9-11-17(28)23(32)33/h14-19H,5-13,24-25H2,1-4H3,(H,26,30)(H,27,29)(H,32,33). The maximum absolute atomic E-state index is 13.2. The highest BCUT2D eigenvalue weighted by Gasteiger charge is 2.38. The van der Waals surface area contributed by atoms with Crippen molar-refractivity contribution in [3.8, 4) is 0 Å². The zero-order valence-corrected chi connectivity index (χ0v) is 20.5. The second-order valence-corrected chi connectivity index (χ2v) is 9.16. The first-order valence-corrected chi connectivity index (χ1v) is 12.2. The molecule has 1 rings (SSSR count). The van der Waals surface area contributed by atoms with Crippen molar-refractivity contribution in [1.82, 2.24) is 15.5 Å². The number of likely N-dealkylation sites (tertiary alicyclic amines) is 1. The van der Waals surface area contributed by atoms with Gasteiger partial charge in [-0.3, -0.25) is 14.4 Å². The molecule has 1 heterocycles. The molecule has 10 nitrogen and oxygen atoms in total. The largest absolute Gasteiger partial charge is 0.480 e. The predicted octanol–water partition coefficient (Wildman–Crippen LogP) is 0.580. The van der Waals surface area contributed by atoms with Gasteiger partial charge in [-0.15, -0.1) is 0 Å². The van der Waals surface area contributed by atoms with Crippen LogP contribution in [0.3, 0.4) is 0 Å². The molecule has 0 aliphatic carbocycles. The van der Waals surface area contributed by atoms with Gasteiger partial charge in [0.15, 0.2) is 0 Å². The maximum atomic E-state index is 13.2. The number of unbranched alkanes of at least 4 members (excludes halogenated alkanes) is 1. The van der Waals surface area contributed by atoms with Crippen LogP contribution >= 0.6 is 0 Å². The summed E-state index contributed by atoms with van der Waals surface area (Å²) in [6.07, 6.45) is 3.99. The van der Waals surface area contributed by atoms with Crippen molar-refractivity contribution in [2.24, 2.45) is 23.3 Å². The number of rotatable bonds is 14. The molecule has 1 fully saturated rings. The van der Waals surface area contributed by atoms with Gasteiger partial charge < -0.3 is 32.1 Å². The maximum Gasteiger partial charge on any atom is 0.326 e. The van der Waals surface area contributed by atoms with Crippen LogP contribution in [0.4, 0.5) is 0 Å². The highest BCUT2D eigenvalue weighted by Crippen LogP contribution is 2.20. The van der Waals surface area contributed by atoms with Crippen molar-refractivity contribution in [1.29, 1.82) is 0 Å². The molecule has 3 amide bonds. The van der Waals surface area contributed by atoms with E-state index in [1.807, 2.05) is 27.7 Å². The van der Waals surface area contributed by atoms with Gasteiger partial charge in [0.25, 0.3) is 0 Å². The lowest BCUT2D eigenvalue weighted by Gasteiger charge is -2.31. The lowest BCUT2D eigenvalue weighted by Crippen LogP contribution is -2.59. The van der Waals surface area contributed by atoms with Crippen LogP contribution in [0.2, 0.25) is 0 Å². The molecule has 7 N–H and O–H groups in total. The van der Waals surface area contributed by atoms with E-state index in [1.54, 1.807) is 0 Å². The Hall–Kier alpha value is -2.20. The highest BCUT2D eigenvalue weighted by molar-refractivity contribution is 5.94. The molecule has 1 aliphatic heterocycles. The van der Waals surface area contributed by atoms with Crippen molar-refractivity contribution in [3.63, 3.8) is 0 Å². The highest BCUT2D eigenvalue weighted by atomic mass is 16.4. The molecule has 0 saturated carbocycles. The van der Waals surface area contributed by atoms with Gasteiger partial charge in [0.1, 0.15) is 18.1 Å². The van der Waals surface area contributed by atoms with Crippen LogP contribution in [0.15, 0.2) is 0 Å². The molecular formula is C23H43N5O5. The first kappa shape index (κ1) is 28.8. The summed E-state index contributed by atoms with van der Waals surface area (Å²) in [6, 6.07) is -3.35. The van der Waals surface area contributed by atoms with Crippen molar-refractivity contribution in [2.45, 2.75) is 96.8 Å². The van der Waals surface area contributed by atoms with Crippen LogP contribution in [-0.2, 0) is 19.2 Å².